The molecule has 1 fully saturated rings. The number of nitrogen functional groups attached to an aromatic ring is 1. The summed E-state index contributed by atoms with van der Waals surface area (Å²) in [7, 11) is 0. The van der Waals surface area contributed by atoms with Crippen LogP contribution < -0.4 is 11.1 Å². The van der Waals surface area contributed by atoms with E-state index in [2.05, 4.69) is 10.3 Å². The predicted molar refractivity (Wildman–Crippen MR) is 95.0 cm³/mol. The van der Waals surface area contributed by atoms with E-state index in [4.69, 9.17) is 5.73 Å². The van der Waals surface area contributed by atoms with Gasteiger partial charge in [0.15, 0.2) is 5.78 Å². The van der Waals surface area contributed by atoms with Crippen molar-refractivity contribution in [1.29, 1.82) is 0 Å². The molecule has 2 aromatic carbocycles. The van der Waals surface area contributed by atoms with E-state index in [9.17, 15) is 4.79 Å². The Morgan fingerprint density at radius 3 is 2.79 bits per heavy atom. The van der Waals surface area contributed by atoms with Gasteiger partial charge in [0.1, 0.15) is 0 Å². The Balaban J connectivity index is 1.72. The van der Waals surface area contributed by atoms with Crippen LogP contribution in [0.5, 0.6) is 0 Å². The van der Waals surface area contributed by atoms with Gasteiger partial charge in [-0.2, -0.15) is 0 Å². The second-order valence-corrected chi connectivity index (χ2v) is 6.27. The Labute approximate surface area is 140 Å². The highest BCUT2D eigenvalue weighted by molar-refractivity contribution is 6.10. The van der Waals surface area contributed by atoms with Crippen LogP contribution in [0, 0.1) is 0 Å². The molecule has 5 nitrogen and oxygen atoms in total. The molecule has 5 heteroatoms. The third kappa shape index (κ3) is 2.67. The Bertz CT molecular complexity index is 879. The molecule has 1 saturated heterocycles. The minimum absolute atomic E-state index is 0.0165. The van der Waals surface area contributed by atoms with Gasteiger partial charge in [-0.1, -0.05) is 30.3 Å². The molecule has 0 aliphatic carbocycles. The number of anilines is 1. The topological polar surface area (TPSA) is 72.9 Å². The van der Waals surface area contributed by atoms with Crippen molar-refractivity contribution in [3.05, 3.63) is 59.7 Å². The maximum Gasteiger partial charge on any atom is 0.201 e. The number of ketones is 1. The highest BCUT2D eigenvalue weighted by Crippen LogP contribution is 2.22. The summed E-state index contributed by atoms with van der Waals surface area (Å²) >= 11 is 0. The molecule has 3 N–H and O–H groups in total. The first-order chi connectivity index (χ1) is 11.7. The number of hydrogen-bond donors (Lipinski definition) is 2. The number of benzene rings is 2. The molecule has 0 radical (unpaired) electrons. The number of imidazole rings is 1. The number of nitrogens with two attached hydrogens (primary N) is 1. The predicted octanol–water partition coefficient (Wildman–Crippen LogP) is 2.60. The summed E-state index contributed by atoms with van der Waals surface area (Å²) in [5.41, 5.74) is 9.21. The molecule has 24 heavy (non-hydrogen) atoms. The first-order valence-electron chi connectivity index (χ1n) is 8.31. The highest BCUT2D eigenvalue weighted by atomic mass is 16.1. The summed E-state index contributed by atoms with van der Waals surface area (Å²) in [5, 5.41) is 3.48. The highest BCUT2D eigenvalue weighted by Gasteiger charge is 2.19. The zero-order valence-electron chi connectivity index (χ0n) is 13.4. The third-order valence-corrected chi connectivity index (χ3v) is 4.64. The minimum Gasteiger partial charge on any atom is -0.369 e. The van der Waals surface area contributed by atoms with Gasteiger partial charge in [0.25, 0.3) is 0 Å². The van der Waals surface area contributed by atoms with E-state index in [-0.39, 0.29) is 5.78 Å². The van der Waals surface area contributed by atoms with Crippen LogP contribution >= 0.6 is 0 Å². The molecule has 1 aromatic heterocycles. The molecule has 1 aliphatic heterocycles. The fourth-order valence-corrected chi connectivity index (χ4v) is 3.36. The van der Waals surface area contributed by atoms with Crippen molar-refractivity contribution in [2.75, 3.05) is 12.3 Å². The summed E-state index contributed by atoms with van der Waals surface area (Å²) < 4.78 is 2.01. The van der Waals surface area contributed by atoms with E-state index in [0.29, 0.717) is 23.1 Å². The van der Waals surface area contributed by atoms with Gasteiger partial charge in [-0.25, -0.2) is 4.98 Å². The second-order valence-electron chi connectivity index (χ2n) is 6.27. The molecule has 122 valence electrons. The second kappa shape index (κ2) is 6.09. The van der Waals surface area contributed by atoms with Crippen LogP contribution in [-0.2, 0) is 6.54 Å². The lowest BCUT2D eigenvalue weighted by atomic mass is 10.0. The van der Waals surface area contributed by atoms with Gasteiger partial charge >= 0.3 is 0 Å². The summed E-state index contributed by atoms with van der Waals surface area (Å²) in [6, 6.07) is 15.3. The Hall–Kier alpha value is -2.66. The normalized spacial score (nSPS) is 17.4. The van der Waals surface area contributed by atoms with Gasteiger partial charge in [0, 0.05) is 23.7 Å². The fraction of sp³-hybridized carbons (Fsp3) is 0.263. The lowest BCUT2D eigenvalue weighted by Gasteiger charge is -2.13. The van der Waals surface area contributed by atoms with Gasteiger partial charge in [-0.15, -0.1) is 0 Å². The van der Waals surface area contributed by atoms with Crippen LogP contribution in [0.15, 0.2) is 48.5 Å². The molecule has 0 saturated carbocycles. The van der Waals surface area contributed by atoms with Crippen LogP contribution in [0.4, 0.5) is 5.95 Å². The monoisotopic (exact) mass is 320 g/mol. The Morgan fingerprint density at radius 2 is 2.04 bits per heavy atom. The number of hydrogen-bond acceptors (Lipinski definition) is 4. The number of carbonyl (C=O) groups is 1. The SMILES string of the molecule is Nc1nc2ccc(C(=O)c3ccccc3)cc2n1C[C@@H]1CCCN1. The van der Waals surface area contributed by atoms with Crippen LogP contribution in [0.25, 0.3) is 11.0 Å². The molecule has 3 aromatic rings. The average molecular weight is 320 g/mol. The number of nitrogens with zero attached hydrogens (tertiary/aromatic N) is 2. The van der Waals surface area contributed by atoms with Gasteiger partial charge in [-0.3, -0.25) is 4.79 Å². The van der Waals surface area contributed by atoms with Gasteiger partial charge in [-0.05, 0) is 37.6 Å². The van der Waals surface area contributed by atoms with Gasteiger partial charge in [0.05, 0.1) is 11.0 Å². The van der Waals surface area contributed by atoms with Crippen LogP contribution in [-0.4, -0.2) is 27.9 Å². The summed E-state index contributed by atoms with van der Waals surface area (Å²) in [6.45, 7) is 1.83. The third-order valence-electron chi connectivity index (χ3n) is 4.64. The van der Waals surface area contributed by atoms with E-state index >= 15 is 0 Å². The van der Waals surface area contributed by atoms with Crippen molar-refractivity contribution in [1.82, 2.24) is 14.9 Å². The van der Waals surface area contributed by atoms with E-state index in [1.807, 2.05) is 53.1 Å². The molecule has 4 rings (SSSR count). The van der Waals surface area contributed by atoms with E-state index < -0.39 is 0 Å². The lowest BCUT2D eigenvalue weighted by molar-refractivity contribution is 0.103. The summed E-state index contributed by atoms with van der Waals surface area (Å²) in [6.07, 6.45) is 2.33. The zero-order chi connectivity index (χ0) is 16.5. The Morgan fingerprint density at radius 1 is 1.21 bits per heavy atom. The van der Waals surface area contributed by atoms with Crippen LogP contribution in [0.2, 0.25) is 0 Å². The van der Waals surface area contributed by atoms with Gasteiger partial charge < -0.3 is 15.6 Å². The standard InChI is InChI=1S/C19H20N4O/c20-19-22-16-9-8-14(18(24)13-5-2-1-3-6-13)11-17(16)23(19)12-15-7-4-10-21-15/h1-3,5-6,8-9,11,15,21H,4,7,10,12H2,(H2,20,22)/t15-/m0/s1. The van der Waals surface area contributed by atoms with Gasteiger partial charge in [0.2, 0.25) is 5.95 Å². The maximum atomic E-state index is 12.7. The molecule has 2 heterocycles. The lowest BCUT2D eigenvalue weighted by Crippen LogP contribution is -2.27. The molecule has 0 spiro atoms. The molecular formula is C19H20N4O. The number of rotatable bonds is 4. The largest absolute Gasteiger partial charge is 0.369 e. The molecule has 0 bridgehead atoms. The summed E-state index contributed by atoms with van der Waals surface area (Å²) in [4.78, 5) is 17.1. The number of nitrogens with one attached hydrogen (secondary N) is 1. The summed E-state index contributed by atoms with van der Waals surface area (Å²) in [5.74, 6) is 0.519. The van der Waals surface area contributed by atoms with Crippen molar-refractivity contribution in [2.45, 2.75) is 25.4 Å². The van der Waals surface area contributed by atoms with Crippen molar-refractivity contribution < 1.29 is 4.79 Å². The van der Waals surface area contributed by atoms with E-state index in [1.54, 1.807) is 0 Å². The van der Waals surface area contributed by atoms with Crippen LogP contribution in [0.1, 0.15) is 28.8 Å². The smallest absolute Gasteiger partial charge is 0.201 e. The molecular weight excluding hydrogens is 300 g/mol. The molecule has 1 aliphatic rings. The first-order valence-corrected chi connectivity index (χ1v) is 8.31. The van der Waals surface area contributed by atoms with Crippen molar-refractivity contribution in [3.8, 4) is 0 Å². The number of fused-ring (bicyclic) bond motifs is 1. The van der Waals surface area contributed by atoms with Crippen molar-refractivity contribution in [2.24, 2.45) is 0 Å². The number of aromatic nitrogens is 2. The molecule has 1 atom stereocenters. The zero-order valence-corrected chi connectivity index (χ0v) is 13.4. The van der Waals surface area contributed by atoms with Crippen molar-refractivity contribution >= 4 is 22.8 Å². The first kappa shape index (κ1) is 14.9. The minimum atomic E-state index is 0.0165. The molecule has 0 unspecified atom stereocenters. The van der Waals surface area contributed by atoms with E-state index in [0.717, 1.165) is 30.5 Å². The van der Waals surface area contributed by atoms with E-state index in [1.165, 1.54) is 6.42 Å². The van der Waals surface area contributed by atoms with Crippen molar-refractivity contribution in [3.63, 3.8) is 0 Å². The average Bonchev–Trinajstić information content (AvgIpc) is 3.23. The van der Waals surface area contributed by atoms with Crippen LogP contribution in [0.3, 0.4) is 0 Å². The maximum absolute atomic E-state index is 12.7. The number of carbonyl (C=O) groups excluding carboxylic acids is 1. The quantitative estimate of drug-likeness (QED) is 0.725. The molecule has 0 amide bonds. The fourth-order valence-electron chi connectivity index (χ4n) is 3.36. The Kier molecular flexibility index (Phi) is 3.78.